The van der Waals surface area contributed by atoms with Crippen LogP contribution in [0.25, 0.3) is 0 Å². The van der Waals surface area contributed by atoms with Gasteiger partial charge in [0.1, 0.15) is 6.26 Å². The highest BCUT2D eigenvalue weighted by atomic mass is 16.5. The molecule has 0 aliphatic heterocycles. The maximum Gasteiger partial charge on any atom is 0.334 e. The Balaban J connectivity index is 2.81. The van der Waals surface area contributed by atoms with E-state index in [1.807, 2.05) is 0 Å². The van der Waals surface area contributed by atoms with E-state index in [2.05, 4.69) is 0 Å². The molecule has 0 radical (unpaired) electrons. The van der Waals surface area contributed by atoms with E-state index >= 15 is 0 Å². The molecule has 80 valence electrons. The molecule has 0 spiro atoms. The van der Waals surface area contributed by atoms with Crippen LogP contribution in [-0.2, 0) is 4.79 Å². The van der Waals surface area contributed by atoms with Crippen LogP contribution in [0.2, 0.25) is 0 Å². The van der Waals surface area contributed by atoms with Gasteiger partial charge in [-0.1, -0.05) is 12.1 Å². The molecule has 4 heteroatoms. The molecule has 15 heavy (non-hydrogen) atoms. The van der Waals surface area contributed by atoms with Crippen LogP contribution in [0, 0.1) is 0 Å². The summed E-state index contributed by atoms with van der Waals surface area (Å²) in [4.78, 5) is 10.5. The number of aliphatic carboxylic acids is 1. The predicted molar refractivity (Wildman–Crippen MR) is 55.0 cm³/mol. The highest BCUT2D eigenvalue weighted by Gasteiger charge is 2.03. The molecule has 0 aliphatic rings. The molecule has 0 atom stereocenters. The van der Waals surface area contributed by atoms with Crippen LogP contribution in [-0.4, -0.2) is 18.2 Å². The second-order valence-corrected chi connectivity index (χ2v) is 2.87. The van der Waals surface area contributed by atoms with E-state index < -0.39 is 5.97 Å². The minimum atomic E-state index is -1.01. The monoisotopic (exact) mass is 208 g/mol. The molecule has 0 fully saturated rings. The molecule has 1 aromatic carbocycles. The second kappa shape index (κ2) is 5.05. The Morgan fingerprint density at radius 2 is 1.93 bits per heavy atom. The van der Waals surface area contributed by atoms with E-state index in [0.717, 1.165) is 0 Å². The quantitative estimate of drug-likeness (QED) is 0.607. The third-order valence-electron chi connectivity index (χ3n) is 1.77. The molecule has 1 rings (SSSR count). The molecule has 0 aromatic heterocycles. The number of hydrogen-bond acceptors (Lipinski definition) is 3. The van der Waals surface area contributed by atoms with Crippen LogP contribution in [0.5, 0.6) is 11.5 Å². The van der Waals surface area contributed by atoms with E-state index in [0.29, 0.717) is 11.5 Å². The molecule has 0 amide bonds. The highest BCUT2D eigenvalue weighted by molar-refractivity contribution is 5.85. The third-order valence-corrected chi connectivity index (χ3v) is 1.77. The molecule has 0 bridgehead atoms. The number of carboxylic acid groups (broad SMARTS) is 1. The lowest BCUT2D eigenvalue weighted by atomic mass is 10.3. The van der Waals surface area contributed by atoms with Gasteiger partial charge in [0.05, 0.1) is 12.7 Å². The van der Waals surface area contributed by atoms with Crippen LogP contribution in [0.4, 0.5) is 0 Å². The van der Waals surface area contributed by atoms with Gasteiger partial charge in [0.25, 0.3) is 0 Å². The molecule has 0 saturated heterocycles. The summed E-state index contributed by atoms with van der Waals surface area (Å²) < 4.78 is 10.2. The van der Waals surface area contributed by atoms with Gasteiger partial charge in [-0.05, 0) is 19.1 Å². The molecule has 1 aromatic rings. The van der Waals surface area contributed by atoms with Crippen LogP contribution in [0.1, 0.15) is 6.92 Å². The van der Waals surface area contributed by atoms with Gasteiger partial charge in [-0.2, -0.15) is 0 Å². The lowest BCUT2D eigenvalue weighted by Crippen LogP contribution is -1.98. The van der Waals surface area contributed by atoms with Crippen LogP contribution in [0.15, 0.2) is 36.1 Å². The summed E-state index contributed by atoms with van der Waals surface area (Å²) >= 11 is 0. The largest absolute Gasteiger partial charge is 0.493 e. The Labute approximate surface area is 87.7 Å². The van der Waals surface area contributed by atoms with E-state index in [1.165, 1.54) is 20.3 Å². The average molecular weight is 208 g/mol. The number of ether oxygens (including phenoxy) is 2. The van der Waals surface area contributed by atoms with Crippen molar-refractivity contribution >= 4 is 5.97 Å². The number of benzene rings is 1. The first-order valence-electron chi connectivity index (χ1n) is 4.35. The highest BCUT2D eigenvalue weighted by Crippen LogP contribution is 2.26. The number of carbonyl (C=O) groups is 1. The Hall–Kier alpha value is -1.97. The first kappa shape index (κ1) is 11.1. The van der Waals surface area contributed by atoms with Crippen molar-refractivity contribution in [1.29, 1.82) is 0 Å². The van der Waals surface area contributed by atoms with Crippen LogP contribution >= 0.6 is 0 Å². The van der Waals surface area contributed by atoms with Crippen LogP contribution in [0.3, 0.4) is 0 Å². The van der Waals surface area contributed by atoms with Gasteiger partial charge in [-0.25, -0.2) is 4.79 Å². The number of rotatable bonds is 4. The summed E-state index contributed by atoms with van der Waals surface area (Å²) in [5, 5.41) is 8.61. The topological polar surface area (TPSA) is 55.8 Å². The zero-order chi connectivity index (χ0) is 11.3. The smallest absolute Gasteiger partial charge is 0.334 e. The Morgan fingerprint density at radius 3 is 2.47 bits per heavy atom. The summed E-state index contributed by atoms with van der Waals surface area (Å²) in [6, 6.07) is 7.02. The zero-order valence-electron chi connectivity index (χ0n) is 8.56. The van der Waals surface area contributed by atoms with Crippen molar-refractivity contribution in [3.05, 3.63) is 36.1 Å². The van der Waals surface area contributed by atoms with Crippen molar-refractivity contribution in [3.63, 3.8) is 0 Å². The molecule has 1 N–H and O–H groups in total. The number of methoxy groups -OCH3 is 1. The molecular weight excluding hydrogens is 196 g/mol. The van der Waals surface area contributed by atoms with Crippen molar-refractivity contribution in [1.82, 2.24) is 0 Å². The van der Waals surface area contributed by atoms with E-state index in [9.17, 15) is 4.79 Å². The third kappa shape index (κ3) is 3.02. The van der Waals surface area contributed by atoms with Gasteiger partial charge in [0.15, 0.2) is 11.5 Å². The molecule has 4 nitrogen and oxygen atoms in total. The predicted octanol–water partition coefficient (Wildman–Crippen LogP) is 2.06. The second-order valence-electron chi connectivity index (χ2n) is 2.87. The lowest BCUT2D eigenvalue weighted by molar-refractivity contribution is -0.132. The first-order valence-corrected chi connectivity index (χ1v) is 4.35. The van der Waals surface area contributed by atoms with Gasteiger partial charge in [-0.15, -0.1) is 0 Å². The fraction of sp³-hybridized carbons (Fsp3) is 0.182. The van der Waals surface area contributed by atoms with Gasteiger partial charge >= 0.3 is 5.97 Å². The minimum Gasteiger partial charge on any atom is -0.493 e. The minimum absolute atomic E-state index is 0.126. The first-order chi connectivity index (χ1) is 7.15. The Kier molecular flexibility index (Phi) is 3.74. The van der Waals surface area contributed by atoms with Crippen molar-refractivity contribution < 1.29 is 19.4 Å². The number of hydrogen-bond donors (Lipinski definition) is 1. The average Bonchev–Trinajstić information content (AvgIpc) is 2.26. The fourth-order valence-electron chi connectivity index (χ4n) is 0.918. The van der Waals surface area contributed by atoms with Gasteiger partial charge in [0, 0.05) is 0 Å². The molecule has 0 heterocycles. The number of para-hydroxylation sites is 2. The Morgan fingerprint density at radius 1 is 1.33 bits per heavy atom. The van der Waals surface area contributed by atoms with E-state index in [4.69, 9.17) is 14.6 Å². The fourth-order valence-corrected chi connectivity index (χ4v) is 0.918. The van der Waals surface area contributed by atoms with Crippen molar-refractivity contribution in [2.45, 2.75) is 6.92 Å². The van der Waals surface area contributed by atoms with Crippen molar-refractivity contribution in [2.24, 2.45) is 0 Å². The van der Waals surface area contributed by atoms with Gasteiger partial charge in [0.2, 0.25) is 0 Å². The molecule has 0 aliphatic carbocycles. The van der Waals surface area contributed by atoms with Gasteiger partial charge in [-0.3, -0.25) is 0 Å². The molecule has 0 unspecified atom stereocenters. The van der Waals surface area contributed by atoms with E-state index in [1.54, 1.807) is 24.3 Å². The lowest BCUT2D eigenvalue weighted by Gasteiger charge is -2.06. The van der Waals surface area contributed by atoms with Crippen LogP contribution < -0.4 is 9.47 Å². The normalized spacial score (nSPS) is 10.9. The summed E-state index contributed by atoms with van der Waals surface area (Å²) in [6.45, 7) is 1.46. The summed E-state index contributed by atoms with van der Waals surface area (Å²) in [7, 11) is 1.52. The zero-order valence-corrected chi connectivity index (χ0v) is 8.56. The summed E-state index contributed by atoms with van der Waals surface area (Å²) in [5.74, 6) is 0.0393. The molecule has 0 saturated carbocycles. The maximum absolute atomic E-state index is 10.5. The number of carboxylic acids is 1. The van der Waals surface area contributed by atoms with Gasteiger partial charge < -0.3 is 14.6 Å². The van der Waals surface area contributed by atoms with Crippen molar-refractivity contribution in [3.8, 4) is 11.5 Å². The Bertz CT molecular complexity index is 382. The maximum atomic E-state index is 10.5. The summed E-state index contributed by atoms with van der Waals surface area (Å²) in [5.41, 5.74) is 0.126. The SMILES string of the molecule is COc1ccccc1OC=C(C)C(=O)O. The molecular formula is C11H12O4. The van der Waals surface area contributed by atoms with Crippen molar-refractivity contribution in [2.75, 3.05) is 7.11 Å². The summed E-state index contributed by atoms with van der Waals surface area (Å²) in [6.07, 6.45) is 1.18. The standard InChI is InChI=1S/C11H12O4/c1-8(11(12)13)7-15-10-6-4-3-5-9(10)14-2/h3-7H,1-2H3,(H,12,13). The van der Waals surface area contributed by atoms with E-state index in [-0.39, 0.29) is 5.57 Å².